The molecule has 1 saturated heterocycles. The van der Waals surface area contributed by atoms with Crippen LogP contribution in [0.4, 0.5) is 4.79 Å². The average Bonchev–Trinajstić information content (AvgIpc) is 3.20. The molecule has 0 radical (unpaired) electrons. The molecule has 8 nitrogen and oxygen atoms in total. The van der Waals surface area contributed by atoms with E-state index in [1.807, 2.05) is 0 Å². The van der Waals surface area contributed by atoms with Crippen LogP contribution in [0.3, 0.4) is 0 Å². The van der Waals surface area contributed by atoms with Gasteiger partial charge in [-0.15, -0.1) is 0 Å². The fraction of sp³-hybridized carbons (Fsp3) is 0.609. The second-order valence-corrected chi connectivity index (χ2v) is 12.3. The van der Waals surface area contributed by atoms with E-state index >= 15 is 0 Å². The first-order valence-electron chi connectivity index (χ1n) is 11.1. The van der Waals surface area contributed by atoms with Crippen LogP contribution >= 0.6 is 11.6 Å². The van der Waals surface area contributed by atoms with Crippen LogP contribution in [0.2, 0.25) is 5.02 Å². The van der Waals surface area contributed by atoms with Gasteiger partial charge in [-0.05, 0) is 52.2 Å². The van der Waals surface area contributed by atoms with Crippen molar-refractivity contribution in [2.75, 3.05) is 6.54 Å². The van der Waals surface area contributed by atoms with Crippen LogP contribution < -0.4 is 5.32 Å². The number of halogens is 1. The second-order valence-electron chi connectivity index (χ2n) is 9.73. The lowest BCUT2D eigenvalue weighted by molar-refractivity contribution is -0.127. The summed E-state index contributed by atoms with van der Waals surface area (Å²) in [6, 6.07) is 7.25. The molecule has 10 heteroatoms. The van der Waals surface area contributed by atoms with Gasteiger partial charge in [0.25, 0.3) is 0 Å². The number of ether oxygens (including phenoxy) is 1. The van der Waals surface area contributed by atoms with E-state index in [0.717, 1.165) is 24.2 Å². The molecule has 180 valence electrons. The van der Waals surface area contributed by atoms with E-state index in [4.69, 9.17) is 16.3 Å². The van der Waals surface area contributed by atoms with Crippen LogP contribution in [0.5, 0.6) is 0 Å². The molecule has 1 aliphatic carbocycles. The Morgan fingerprint density at radius 3 is 2.42 bits per heavy atom. The van der Waals surface area contributed by atoms with Gasteiger partial charge in [0.1, 0.15) is 17.2 Å². The van der Waals surface area contributed by atoms with Crippen LogP contribution in [0.15, 0.2) is 29.2 Å². The summed E-state index contributed by atoms with van der Waals surface area (Å²) in [6.07, 6.45) is 2.79. The molecule has 2 aliphatic rings. The first-order chi connectivity index (χ1) is 15.4. The summed E-state index contributed by atoms with van der Waals surface area (Å²) < 4.78 is 32.1. The van der Waals surface area contributed by atoms with Gasteiger partial charge in [-0.1, -0.05) is 43.0 Å². The van der Waals surface area contributed by atoms with Crippen molar-refractivity contribution in [3.63, 3.8) is 0 Å². The molecule has 1 aromatic carbocycles. The number of hydrogen-bond donors (Lipinski definition) is 1. The SMILES string of the molecule is CC(C)(C)OC(=O)N1C[C@H](S(=O)(=O)c2ccccc2Cl)C[C@H]1C(=O)NC1(C#N)CCCCC1. The third kappa shape index (κ3) is 5.61. The molecular formula is C23H30ClN3O5S. The molecule has 2 amide bonds. The lowest BCUT2D eigenvalue weighted by atomic mass is 9.82. The maximum Gasteiger partial charge on any atom is 0.411 e. The number of rotatable bonds is 4. The Morgan fingerprint density at radius 2 is 1.85 bits per heavy atom. The van der Waals surface area contributed by atoms with Crippen LogP contribution in [-0.2, 0) is 19.4 Å². The van der Waals surface area contributed by atoms with E-state index in [1.165, 1.54) is 12.1 Å². The standard InChI is InChI=1S/C23H30ClN3O5S/c1-22(2,3)32-21(29)27-14-16(33(30,31)19-10-6-5-9-17(19)24)13-18(27)20(28)26-23(15-25)11-7-4-8-12-23/h5-6,9-10,16,18H,4,7-8,11-14H2,1-3H3,(H,26,28)/t16-,18+/m1/s1. The summed E-state index contributed by atoms with van der Waals surface area (Å²) in [5, 5.41) is 11.6. The Labute approximate surface area is 200 Å². The molecular weight excluding hydrogens is 466 g/mol. The van der Waals surface area contributed by atoms with Crippen molar-refractivity contribution in [3.8, 4) is 6.07 Å². The highest BCUT2D eigenvalue weighted by Crippen LogP contribution is 2.34. The number of likely N-dealkylation sites (tertiary alicyclic amines) is 1. The molecule has 2 atom stereocenters. The van der Waals surface area contributed by atoms with Crippen molar-refractivity contribution in [3.05, 3.63) is 29.3 Å². The van der Waals surface area contributed by atoms with Gasteiger partial charge < -0.3 is 10.1 Å². The number of sulfone groups is 1. The molecule has 33 heavy (non-hydrogen) atoms. The lowest BCUT2D eigenvalue weighted by Gasteiger charge is -2.34. The van der Waals surface area contributed by atoms with Crippen molar-refractivity contribution in [2.24, 2.45) is 0 Å². The summed E-state index contributed by atoms with van der Waals surface area (Å²) in [7, 11) is -3.93. The zero-order chi connectivity index (χ0) is 24.4. The average molecular weight is 496 g/mol. The zero-order valence-corrected chi connectivity index (χ0v) is 20.7. The highest BCUT2D eigenvalue weighted by molar-refractivity contribution is 7.92. The third-order valence-corrected chi connectivity index (χ3v) is 8.69. The Kier molecular flexibility index (Phi) is 7.30. The number of carbonyl (C=O) groups is 2. The van der Waals surface area contributed by atoms with Crippen molar-refractivity contribution in [1.29, 1.82) is 5.26 Å². The van der Waals surface area contributed by atoms with Crippen LogP contribution in [0.1, 0.15) is 59.3 Å². The lowest BCUT2D eigenvalue weighted by Crippen LogP contribution is -2.55. The van der Waals surface area contributed by atoms with Crippen molar-refractivity contribution in [2.45, 2.75) is 86.6 Å². The Bertz CT molecular complexity index is 1050. The van der Waals surface area contributed by atoms with Crippen molar-refractivity contribution < 1.29 is 22.7 Å². The topological polar surface area (TPSA) is 117 Å². The largest absolute Gasteiger partial charge is 0.444 e. The molecule has 1 N–H and O–H groups in total. The van der Waals surface area contributed by atoms with E-state index in [-0.39, 0.29) is 22.9 Å². The van der Waals surface area contributed by atoms with E-state index < -0.39 is 44.3 Å². The minimum atomic E-state index is -3.93. The number of benzene rings is 1. The van der Waals surface area contributed by atoms with Gasteiger partial charge in [0, 0.05) is 6.54 Å². The molecule has 1 heterocycles. The third-order valence-electron chi connectivity index (χ3n) is 6.06. The van der Waals surface area contributed by atoms with E-state index in [1.54, 1.807) is 32.9 Å². The van der Waals surface area contributed by atoms with Crippen LogP contribution in [0, 0.1) is 11.3 Å². The maximum atomic E-state index is 13.3. The molecule has 2 fully saturated rings. The highest BCUT2D eigenvalue weighted by atomic mass is 35.5. The number of nitrogens with one attached hydrogen (secondary N) is 1. The summed E-state index contributed by atoms with van der Waals surface area (Å²) in [5.74, 6) is -0.541. The first kappa shape index (κ1) is 25.3. The smallest absolute Gasteiger partial charge is 0.411 e. The molecule has 0 aromatic heterocycles. The Balaban J connectivity index is 1.90. The summed E-state index contributed by atoms with van der Waals surface area (Å²) in [4.78, 5) is 27.4. The normalized spacial score (nSPS) is 22.9. The predicted octanol–water partition coefficient (Wildman–Crippen LogP) is 3.83. The molecule has 1 saturated carbocycles. The first-order valence-corrected chi connectivity index (χ1v) is 13.0. The molecule has 0 bridgehead atoms. The maximum absolute atomic E-state index is 13.3. The molecule has 0 unspecified atom stereocenters. The minimum Gasteiger partial charge on any atom is -0.444 e. The Hall–Kier alpha value is -2.31. The summed E-state index contributed by atoms with van der Waals surface area (Å²) in [5.41, 5.74) is -1.83. The van der Waals surface area contributed by atoms with E-state index in [0.29, 0.717) is 12.8 Å². The fourth-order valence-electron chi connectivity index (χ4n) is 4.39. The number of amides is 2. The van der Waals surface area contributed by atoms with Crippen molar-refractivity contribution >= 4 is 33.4 Å². The van der Waals surface area contributed by atoms with Gasteiger partial charge in [0.15, 0.2) is 9.84 Å². The van der Waals surface area contributed by atoms with Gasteiger partial charge in [-0.2, -0.15) is 5.26 Å². The monoisotopic (exact) mass is 495 g/mol. The molecule has 3 rings (SSSR count). The summed E-state index contributed by atoms with van der Waals surface area (Å²) in [6.45, 7) is 4.88. The number of nitrogens with zero attached hydrogens (tertiary/aromatic N) is 2. The number of nitriles is 1. The van der Waals surface area contributed by atoms with Gasteiger partial charge in [-0.25, -0.2) is 13.2 Å². The van der Waals surface area contributed by atoms with Crippen LogP contribution in [0.25, 0.3) is 0 Å². The number of carbonyl (C=O) groups excluding carboxylic acids is 2. The van der Waals surface area contributed by atoms with Gasteiger partial charge in [0.2, 0.25) is 5.91 Å². The molecule has 0 spiro atoms. The summed E-state index contributed by atoms with van der Waals surface area (Å²) >= 11 is 6.14. The minimum absolute atomic E-state index is 0.0392. The fourth-order valence-corrected chi connectivity index (χ4v) is 6.61. The van der Waals surface area contributed by atoms with Gasteiger partial charge >= 0.3 is 6.09 Å². The molecule has 1 aromatic rings. The van der Waals surface area contributed by atoms with Crippen LogP contribution in [-0.4, -0.2) is 54.3 Å². The zero-order valence-electron chi connectivity index (χ0n) is 19.1. The predicted molar refractivity (Wildman–Crippen MR) is 123 cm³/mol. The quantitative estimate of drug-likeness (QED) is 0.678. The second kappa shape index (κ2) is 9.51. The van der Waals surface area contributed by atoms with Gasteiger partial charge in [-0.3, -0.25) is 9.69 Å². The molecule has 1 aliphatic heterocycles. The Morgan fingerprint density at radius 1 is 1.21 bits per heavy atom. The number of hydrogen-bond acceptors (Lipinski definition) is 6. The van der Waals surface area contributed by atoms with E-state index in [9.17, 15) is 23.3 Å². The van der Waals surface area contributed by atoms with Crippen molar-refractivity contribution in [1.82, 2.24) is 10.2 Å². The van der Waals surface area contributed by atoms with Gasteiger partial charge in [0.05, 0.1) is 21.2 Å². The highest BCUT2D eigenvalue weighted by Gasteiger charge is 2.48. The van der Waals surface area contributed by atoms with E-state index in [2.05, 4.69) is 11.4 Å².